The summed E-state index contributed by atoms with van der Waals surface area (Å²) in [6, 6.07) is 10.5. The third-order valence-corrected chi connectivity index (χ3v) is 5.63. The van der Waals surface area contributed by atoms with Gasteiger partial charge in [0.15, 0.2) is 6.04 Å². The van der Waals surface area contributed by atoms with Crippen molar-refractivity contribution >= 4 is 40.8 Å². The zero-order valence-electron chi connectivity index (χ0n) is 13.9. The molecule has 1 aliphatic heterocycles. The minimum absolute atomic E-state index is 0.255. The van der Waals surface area contributed by atoms with Gasteiger partial charge in [-0.2, -0.15) is 0 Å². The van der Waals surface area contributed by atoms with Gasteiger partial charge < -0.3 is 10.4 Å². The number of carboxylic acid groups (broad SMARTS) is 1. The maximum absolute atomic E-state index is 12.4. The van der Waals surface area contributed by atoms with Crippen molar-refractivity contribution in [2.45, 2.75) is 25.4 Å². The molecular formula is C18H17ClN2O4S. The molecule has 6 nitrogen and oxygen atoms in total. The van der Waals surface area contributed by atoms with Crippen LogP contribution in [-0.4, -0.2) is 34.0 Å². The highest BCUT2D eigenvalue weighted by molar-refractivity contribution is 7.16. The van der Waals surface area contributed by atoms with Gasteiger partial charge >= 0.3 is 12.0 Å². The van der Waals surface area contributed by atoms with Crippen molar-refractivity contribution in [3.8, 4) is 0 Å². The van der Waals surface area contributed by atoms with E-state index in [-0.39, 0.29) is 12.5 Å². The van der Waals surface area contributed by atoms with Gasteiger partial charge in [-0.25, -0.2) is 14.5 Å². The Morgan fingerprint density at radius 1 is 1.27 bits per heavy atom. The summed E-state index contributed by atoms with van der Waals surface area (Å²) in [6.45, 7) is 1.78. The second-order valence-electron chi connectivity index (χ2n) is 6.09. The van der Waals surface area contributed by atoms with Crippen molar-refractivity contribution < 1.29 is 19.5 Å². The van der Waals surface area contributed by atoms with Crippen LogP contribution in [0.1, 0.15) is 23.4 Å². The quantitative estimate of drug-likeness (QED) is 0.764. The summed E-state index contributed by atoms with van der Waals surface area (Å²) < 4.78 is 0.574. The fourth-order valence-corrected chi connectivity index (χ4v) is 4.16. The van der Waals surface area contributed by atoms with Crippen LogP contribution in [0.15, 0.2) is 42.5 Å². The van der Waals surface area contributed by atoms with E-state index in [0.29, 0.717) is 4.34 Å². The van der Waals surface area contributed by atoms with Gasteiger partial charge in [-0.05, 0) is 31.0 Å². The number of β-lactam (4-membered cyclic amide) rings is 1. The standard InChI is InChI=1S/C18H17ClN2O4S/c1-10(11-5-3-2-4-6-11)20-18(25)21-15(17(23)24)13(16(21)22)9-12-7-8-14(19)26-12/h2-8,10,13,15H,9H2,1H3,(H,20,25)(H,23,24)/t10-,13-,15+/m1/s1. The number of hydrogen-bond acceptors (Lipinski definition) is 4. The minimum atomic E-state index is -1.19. The van der Waals surface area contributed by atoms with E-state index < -0.39 is 29.9 Å². The molecule has 3 rings (SSSR count). The Balaban J connectivity index is 1.70. The zero-order valence-corrected chi connectivity index (χ0v) is 15.5. The molecule has 3 atom stereocenters. The molecule has 0 spiro atoms. The van der Waals surface area contributed by atoms with Gasteiger partial charge in [-0.3, -0.25) is 4.79 Å². The van der Waals surface area contributed by atoms with Crippen molar-refractivity contribution in [3.05, 3.63) is 57.2 Å². The number of imide groups is 1. The van der Waals surface area contributed by atoms with Crippen LogP contribution in [0.2, 0.25) is 4.34 Å². The predicted molar refractivity (Wildman–Crippen MR) is 98.2 cm³/mol. The molecule has 26 heavy (non-hydrogen) atoms. The van der Waals surface area contributed by atoms with E-state index in [1.165, 1.54) is 11.3 Å². The molecule has 1 aromatic carbocycles. The number of hydrogen-bond donors (Lipinski definition) is 2. The van der Waals surface area contributed by atoms with E-state index >= 15 is 0 Å². The van der Waals surface area contributed by atoms with Crippen LogP contribution in [0.25, 0.3) is 0 Å². The van der Waals surface area contributed by atoms with Gasteiger partial charge in [0.2, 0.25) is 5.91 Å². The summed E-state index contributed by atoms with van der Waals surface area (Å²) in [5.41, 5.74) is 0.866. The molecule has 0 radical (unpaired) electrons. The Hall–Kier alpha value is -2.38. The monoisotopic (exact) mass is 392 g/mol. The fourth-order valence-electron chi connectivity index (χ4n) is 3.01. The summed E-state index contributed by atoms with van der Waals surface area (Å²) in [5, 5.41) is 12.2. The highest BCUT2D eigenvalue weighted by Gasteiger charge is 2.54. The Morgan fingerprint density at radius 2 is 1.96 bits per heavy atom. The molecule has 2 N–H and O–H groups in total. The molecule has 1 saturated heterocycles. The topological polar surface area (TPSA) is 86.7 Å². The van der Waals surface area contributed by atoms with Crippen molar-refractivity contribution in [1.29, 1.82) is 0 Å². The molecule has 136 valence electrons. The van der Waals surface area contributed by atoms with Crippen LogP contribution in [0.4, 0.5) is 4.79 Å². The predicted octanol–water partition coefficient (Wildman–Crippen LogP) is 3.33. The summed E-state index contributed by atoms with van der Waals surface area (Å²) in [7, 11) is 0. The van der Waals surface area contributed by atoms with Gasteiger partial charge in [-0.15, -0.1) is 11.3 Å². The molecule has 1 fully saturated rings. The molecule has 1 aliphatic rings. The normalized spacial score (nSPS) is 20.4. The van der Waals surface area contributed by atoms with Gasteiger partial charge in [0, 0.05) is 4.88 Å². The number of carbonyl (C=O) groups excluding carboxylic acids is 2. The zero-order chi connectivity index (χ0) is 18.8. The fraction of sp³-hybridized carbons (Fsp3) is 0.278. The largest absolute Gasteiger partial charge is 0.480 e. The van der Waals surface area contributed by atoms with Crippen molar-refractivity contribution in [3.63, 3.8) is 0 Å². The van der Waals surface area contributed by atoms with E-state index in [1.807, 2.05) is 30.3 Å². The van der Waals surface area contributed by atoms with Crippen LogP contribution < -0.4 is 5.32 Å². The Bertz CT molecular complexity index is 839. The maximum Gasteiger partial charge on any atom is 0.327 e. The minimum Gasteiger partial charge on any atom is -0.480 e. The molecule has 2 aromatic rings. The maximum atomic E-state index is 12.4. The number of halogens is 1. The number of rotatable bonds is 5. The lowest BCUT2D eigenvalue weighted by atomic mass is 9.84. The summed E-state index contributed by atoms with van der Waals surface area (Å²) in [5.74, 6) is -2.44. The molecular weight excluding hydrogens is 376 g/mol. The number of likely N-dealkylation sites (tertiary alicyclic amines) is 1. The van der Waals surface area contributed by atoms with Crippen molar-refractivity contribution in [2.75, 3.05) is 0 Å². The number of amides is 3. The average molecular weight is 393 g/mol. The van der Waals surface area contributed by atoms with E-state index in [4.69, 9.17) is 11.6 Å². The van der Waals surface area contributed by atoms with Gasteiger partial charge in [-0.1, -0.05) is 41.9 Å². The van der Waals surface area contributed by atoms with E-state index in [0.717, 1.165) is 15.3 Å². The number of carboxylic acids is 1. The van der Waals surface area contributed by atoms with Crippen molar-refractivity contribution in [1.82, 2.24) is 10.2 Å². The summed E-state index contributed by atoms with van der Waals surface area (Å²) in [4.78, 5) is 38.1. The smallest absolute Gasteiger partial charge is 0.327 e. The van der Waals surface area contributed by atoms with E-state index in [2.05, 4.69) is 5.32 Å². The third-order valence-electron chi connectivity index (χ3n) is 4.38. The SMILES string of the molecule is C[C@@H](NC(=O)N1C(=O)[C@H](Cc2ccc(Cl)s2)[C@H]1C(=O)O)c1ccccc1. The molecule has 1 aromatic heterocycles. The first-order chi connectivity index (χ1) is 12.4. The Kier molecular flexibility index (Phi) is 5.29. The molecule has 2 heterocycles. The van der Waals surface area contributed by atoms with E-state index in [1.54, 1.807) is 19.1 Å². The number of benzene rings is 1. The number of nitrogens with zero attached hydrogens (tertiary/aromatic N) is 1. The first-order valence-electron chi connectivity index (χ1n) is 8.04. The first-order valence-corrected chi connectivity index (χ1v) is 9.23. The first kappa shape index (κ1) is 18.4. The molecule has 0 saturated carbocycles. The highest BCUT2D eigenvalue weighted by atomic mass is 35.5. The summed E-state index contributed by atoms with van der Waals surface area (Å²) in [6.07, 6.45) is 0.255. The molecule has 0 bridgehead atoms. The average Bonchev–Trinajstić information content (AvgIpc) is 3.02. The molecule has 8 heteroatoms. The second-order valence-corrected chi connectivity index (χ2v) is 7.89. The summed E-state index contributed by atoms with van der Waals surface area (Å²) >= 11 is 7.18. The van der Waals surface area contributed by atoms with Gasteiger partial charge in [0.25, 0.3) is 0 Å². The van der Waals surface area contributed by atoms with Crippen LogP contribution in [0, 0.1) is 5.92 Å². The number of aliphatic carboxylic acids is 1. The lowest BCUT2D eigenvalue weighted by Crippen LogP contribution is -2.68. The highest BCUT2D eigenvalue weighted by Crippen LogP contribution is 2.33. The van der Waals surface area contributed by atoms with Crippen LogP contribution in [0.3, 0.4) is 0 Å². The number of thiophene rings is 1. The molecule has 3 amide bonds. The molecule has 0 unspecified atom stereocenters. The van der Waals surface area contributed by atoms with Crippen molar-refractivity contribution in [2.24, 2.45) is 5.92 Å². The van der Waals surface area contributed by atoms with E-state index in [9.17, 15) is 19.5 Å². The lowest BCUT2D eigenvalue weighted by molar-refractivity contribution is -0.165. The van der Waals surface area contributed by atoms with Crippen LogP contribution in [0.5, 0.6) is 0 Å². The number of nitrogens with one attached hydrogen (secondary N) is 1. The molecule has 0 aliphatic carbocycles. The number of carbonyl (C=O) groups is 3. The lowest BCUT2D eigenvalue weighted by Gasteiger charge is -2.43. The second kappa shape index (κ2) is 7.47. The number of urea groups is 1. The Labute approximate surface area is 159 Å². The van der Waals surface area contributed by atoms with Crippen LogP contribution in [-0.2, 0) is 16.0 Å². The Morgan fingerprint density at radius 3 is 2.54 bits per heavy atom. The van der Waals surface area contributed by atoms with Gasteiger partial charge in [0.1, 0.15) is 0 Å². The van der Waals surface area contributed by atoms with Crippen LogP contribution >= 0.6 is 22.9 Å². The third kappa shape index (κ3) is 3.59. The van der Waals surface area contributed by atoms with Gasteiger partial charge in [0.05, 0.1) is 16.3 Å².